The molecule has 0 aliphatic carbocycles. The Kier molecular flexibility index (Phi) is 5.65. The van der Waals surface area contributed by atoms with Crippen LogP contribution in [0.5, 0.6) is 5.88 Å². The van der Waals surface area contributed by atoms with Crippen LogP contribution in [0.1, 0.15) is 17.0 Å². The zero-order chi connectivity index (χ0) is 23.5. The van der Waals surface area contributed by atoms with E-state index in [-0.39, 0.29) is 30.0 Å². The Hall–Kier alpha value is -4.66. The van der Waals surface area contributed by atoms with Gasteiger partial charge in [-0.05, 0) is 48.4 Å². The van der Waals surface area contributed by atoms with Crippen LogP contribution in [-0.2, 0) is 11.2 Å². The predicted octanol–water partition coefficient (Wildman–Crippen LogP) is 4.63. The third-order valence-electron chi connectivity index (χ3n) is 5.46. The van der Waals surface area contributed by atoms with Gasteiger partial charge in [0.05, 0.1) is 22.9 Å². The number of rotatable bonds is 6. The molecule has 1 aliphatic heterocycles. The second-order valence-corrected chi connectivity index (χ2v) is 7.76. The number of para-hydroxylation sites is 3. The minimum atomic E-state index is -0.547. The number of aromatic nitrogens is 2. The van der Waals surface area contributed by atoms with Gasteiger partial charge in [-0.3, -0.25) is 4.79 Å². The number of nitrogens with zero attached hydrogens (tertiary/aromatic N) is 2. The van der Waals surface area contributed by atoms with Gasteiger partial charge in [0, 0.05) is 5.69 Å². The van der Waals surface area contributed by atoms with E-state index in [0.29, 0.717) is 28.3 Å². The van der Waals surface area contributed by atoms with E-state index >= 15 is 0 Å². The van der Waals surface area contributed by atoms with Gasteiger partial charge >= 0.3 is 0 Å². The van der Waals surface area contributed by atoms with E-state index in [0.717, 1.165) is 5.69 Å². The van der Waals surface area contributed by atoms with Crippen molar-refractivity contribution < 1.29 is 14.0 Å². The normalized spacial score (nSPS) is 14.6. The molecule has 0 radical (unpaired) electrons. The summed E-state index contributed by atoms with van der Waals surface area (Å²) < 4.78 is 13.4. The summed E-state index contributed by atoms with van der Waals surface area (Å²) in [5, 5.41) is 5.96. The van der Waals surface area contributed by atoms with E-state index in [1.165, 1.54) is 12.1 Å². The van der Waals surface area contributed by atoms with Crippen molar-refractivity contribution in [1.29, 1.82) is 0 Å². The van der Waals surface area contributed by atoms with E-state index in [1.54, 1.807) is 24.3 Å². The summed E-state index contributed by atoms with van der Waals surface area (Å²) >= 11 is 0. The fraction of sp³-hybridized carbons (Fsp3) is 0.0800. The highest BCUT2D eigenvalue weighted by Crippen LogP contribution is 2.36. The lowest BCUT2D eigenvalue weighted by molar-refractivity contribution is -0.117. The fourth-order valence-corrected chi connectivity index (χ4v) is 3.70. The Bertz CT molecular complexity index is 1330. The lowest BCUT2D eigenvalue weighted by atomic mass is 9.89. The quantitative estimate of drug-likeness (QED) is 0.247. The minimum absolute atomic E-state index is 0.235. The van der Waals surface area contributed by atoms with Gasteiger partial charge in [0.25, 0.3) is 5.88 Å². The van der Waals surface area contributed by atoms with Crippen molar-refractivity contribution in [3.63, 3.8) is 0 Å². The first kappa shape index (κ1) is 21.2. The van der Waals surface area contributed by atoms with Crippen LogP contribution in [0.4, 0.5) is 33.2 Å². The average molecular weight is 456 g/mol. The highest BCUT2D eigenvalue weighted by atomic mass is 19.1. The summed E-state index contributed by atoms with van der Waals surface area (Å²) in [4.78, 5) is 27.8. The molecule has 170 valence electrons. The second kappa shape index (κ2) is 9.07. The summed E-state index contributed by atoms with van der Waals surface area (Å²) in [5.74, 6) is -0.325. The van der Waals surface area contributed by atoms with Crippen molar-refractivity contribution in [2.24, 2.45) is 0 Å². The van der Waals surface area contributed by atoms with Crippen molar-refractivity contribution >= 4 is 34.7 Å². The molecule has 0 spiro atoms. The number of nitrogens with one attached hydrogen (secondary N) is 3. The van der Waals surface area contributed by atoms with Crippen LogP contribution < -0.4 is 26.7 Å². The lowest BCUT2D eigenvalue weighted by Crippen LogP contribution is -2.30. The number of amides is 1. The Labute approximate surface area is 195 Å². The molecule has 1 atom stereocenters. The predicted molar refractivity (Wildman–Crippen MR) is 128 cm³/mol. The molecule has 1 amide bonds. The van der Waals surface area contributed by atoms with Crippen molar-refractivity contribution in [3.05, 3.63) is 95.8 Å². The van der Waals surface area contributed by atoms with E-state index in [1.807, 2.05) is 42.5 Å². The lowest BCUT2D eigenvalue weighted by Gasteiger charge is -2.26. The van der Waals surface area contributed by atoms with Crippen molar-refractivity contribution in [2.75, 3.05) is 21.8 Å². The third kappa shape index (κ3) is 4.44. The van der Waals surface area contributed by atoms with Gasteiger partial charge in [0.15, 0.2) is 0 Å². The smallest absolute Gasteiger partial charge is 0.256 e. The minimum Gasteiger partial charge on any atom is -0.397 e. The number of hydrogen-bond acceptors (Lipinski definition) is 7. The highest BCUT2D eigenvalue weighted by molar-refractivity contribution is 5.98. The van der Waals surface area contributed by atoms with Crippen LogP contribution in [0.25, 0.3) is 0 Å². The van der Waals surface area contributed by atoms with E-state index in [9.17, 15) is 9.18 Å². The SMILES string of the molecule is Nc1ccccc1NOc1nc(Nc2ccccc2)nc2c1CC(c1ccc(F)cc1)C(=O)N2. The maximum Gasteiger partial charge on any atom is 0.256 e. The summed E-state index contributed by atoms with van der Waals surface area (Å²) in [5.41, 5.74) is 12.0. The van der Waals surface area contributed by atoms with Gasteiger partial charge in [-0.1, -0.05) is 42.5 Å². The number of hydrogen-bond donors (Lipinski definition) is 4. The third-order valence-corrected chi connectivity index (χ3v) is 5.46. The van der Waals surface area contributed by atoms with Crippen LogP contribution in [-0.4, -0.2) is 15.9 Å². The maximum atomic E-state index is 13.4. The molecule has 5 rings (SSSR count). The number of fused-ring (bicyclic) bond motifs is 1. The molecule has 0 bridgehead atoms. The summed E-state index contributed by atoms with van der Waals surface area (Å²) in [6.45, 7) is 0. The topological polar surface area (TPSA) is 114 Å². The Morgan fingerprint density at radius 3 is 2.47 bits per heavy atom. The van der Waals surface area contributed by atoms with Crippen molar-refractivity contribution in [3.8, 4) is 5.88 Å². The number of halogens is 1. The van der Waals surface area contributed by atoms with Crippen LogP contribution in [0.3, 0.4) is 0 Å². The van der Waals surface area contributed by atoms with Gasteiger partial charge in [0.2, 0.25) is 11.9 Å². The second-order valence-electron chi connectivity index (χ2n) is 7.76. The molecular formula is C25H21FN6O2. The number of nitrogen functional groups attached to an aromatic ring is 1. The summed E-state index contributed by atoms with van der Waals surface area (Å²) in [6.07, 6.45) is 0.277. The number of benzene rings is 3. The molecule has 2 heterocycles. The van der Waals surface area contributed by atoms with E-state index in [4.69, 9.17) is 10.6 Å². The molecule has 1 aliphatic rings. The van der Waals surface area contributed by atoms with Gasteiger partial charge < -0.3 is 21.2 Å². The van der Waals surface area contributed by atoms with Crippen molar-refractivity contribution in [1.82, 2.24) is 9.97 Å². The zero-order valence-corrected chi connectivity index (χ0v) is 18.0. The van der Waals surface area contributed by atoms with Crippen LogP contribution >= 0.6 is 0 Å². The maximum absolute atomic E-state index is 13.4. The van der Waals surface area contributed by atoms with Crippen LogP contribution in [0.15, 0.2) is 78.9 Å². The van der Waals surface area contributed by atoms with Gasteiger partial charge in [0.1, 0.15) is 11.6 Å². The Balaban J connectivity index is 1.50. The number of anilines is 5. The van der Waals surface area contributed by atoms with Gasteiger partial charge in [-0.15, -0.1) is 0 Å². The number of carbonyl (C=O) groups excluding carboxylic acids is 1. The molecule has 0 fully saturated rings. The Morgan fingerprint density at radius 1 is 0.971 bits per heavy atom. The molecule has 34 heavy (non-hydrogen) atoms. The molecular weight excluding hydrogens is 435 g/mol. The monoisotopic (exact) mass is 456 g/mol. The first-order valence-corrected chi connectivity index (χ1v) is 10.6. The Morgan fingerprint density at radius 2 is 1.71 bits per heavy atom. The fourth-order valence-electron chi connectivity index (χ4n) is 3.70. The van der Waals surface area contributed by atoms with E-state index < -0.39 is 5.92 Å². The molecule has 9 heteroatoms. The molecule has 3 aromatic carbocycles. The molecule has 1 aromatic heterocycles. The molecule has 0 saturated carbocycles. The highest BCUT2D eigenvalue weighted by Gasteiger charge is 2.32. The molecule has 1 unspecified atom stereocenters. The van der Waals surface area contributed by atoms with Gasteiger partial charge in [-0.2, -0.15) is 9.97 Å². The first-order valence-electron chi connectivity index (χ1n) is 10.6. The molecule has 0 saturated heterocycles. The number of carbonyl (C=O) groups is 1. The largest absolute Gasteiger partial charge is 0.397 e. The standard InChI is InChI=1S/C25H21FN6O2/c26-16-12-10-15(11-13-16)18-14-19-22(29-23(18)33)30-25(28-17-6-2-1-3-7-17)31-24(19)34-32-21-9-5-4-8-20(21)27/h1-13,18,32H,14,27H2,(H2,28,29,30,31,33). The van der Waals surface area contributed by atoms with Crippen LogP contribution in [0, 0.1) is 5.82 Å². The van der Waals surface area contributed by atoms with Crippen LogP contribution in [0.2, 0.25) is 0 Å². The number of nitrogens with two attached hydrogens (primary N) is 1. The zero-order valence-electron chi connectivity index (χ0n) is 18.0. The summed E-state index contributed by atoms with van der Waals surface area (Å²) in [7, 11) is 0. The van der Waals surface area contributed by atoms with E-state index in [2.05, 4.69) is 26.1 Å². The first-order chi connectivity index (χ1) is 16.6. The van der Waals surface area contributed by atoms with Crippen molar-refractivity contribution in [2.45, 2.75) is 12.3 Å². The molecule has 5 N–H and O–H groups in total. The average Bonchev–Trinajstić information content (AvgIpc) is 2.84. The summed E-state index contributed by atoms with van der Waals surface area (Å²) in [6, 6.07) is 22.4. The molecule has 8 nitrogen and oxygen atoms in total. The van der Waals surface area contributed by atoms with Gasteiger partial charge in [-0.25, -0.2) is 9.87 Å². The molecule has 4 aromatic rings.